The number of carbonyl (C=O) groups is 1. The van der Waals surface area contributed by atoms with Crippen LogP contribution in [0.25, 0.3) is 0 Å². The lowest BCUT2D eigenvalue weighted by Crippen LogP contribution is -2.16. The van der Waals surface area contributed by atoms with Crippen LogP contribution in [-0.2, 0) is 0 Å². The number of carbonyl (C=O) groups excluding carboxylic acids is 1. The second-order valence-corrected chi connectivity index (χ2v) is 4.63. The Bertz CT molecular complexity index is 651. The number of para-hydroxylation sites is 1. The van der Waals surface area contributed by atoms with Gasteiger partial charge in [-0.3, -0.25) is 4.79 Å². The summed E-state index contributed by atoms with van der Waals surface area (Å²) in [6.45, 7) is 4.38. The quantitative estimate of drug-likeness (QED) is 0.895. The zero-order valence-electron chi connectivity index (χ0n) is 11.8. The molecule has 0 heterocycles. The van der Waals surface area contributed by atoms with Crippen LogP contribution in [-0.4, -0.2) is 12.5 Å². The van der Waals surface area contributed by atoms with Crippen LogP contribution in [0.15, 0.2) is 36.4 Å². The number of nitrogens with one attached hydrogen (secondary N) is 2. The Kier molecular flexibility index (Phi) is 4.52. The third-order valence-electron chi connectivity index (χ3n) is 2.99. The van der Waals surface area contributed by atoms with Crippen molar-refractivity contribution in [2.45, 2.75) is 13.8 Å². The Morgan fingerprint density at radius 2 is 1.81 bits per heavy atom. The first-order valence-electron chi connectivity index (χ1n) is 6.62. The predicted molar refractivity (Wildman–Crippen MR) is 79.7 cm³/mol. The first-order valence-corrected chi connectivity index (χ1v) is 6.62. The van der Waals surface area contributed by atoms with Crippen molar-refractivity contribution in [3.63, 3.8) is 0 Å². The molecular formula is C16H16F2N2O. The maximum absolute atomic E-state index is 13.6. The van der Waals surface area contributed by atoms with Crippen LogP contribution in [0.2, 0.25) is 0 Å². The van der Waals surface area contributed by atoms with Crippen molar-refractivity contribution in [1.82, 2.24) is 0 Å². The summed E-state index contributed by atoms with van der Waals surface area (Å²) in [7, 11) is 0. The lowest BCUT2D eigenvalue weighted by atomic mass is 10.1. The number of aryl methyl sites for hydroxylation is 1. The van der Waals surface area contributed by atoms with Gasteiger partial charge in [-0.25, -0.2) is 8.78 Å². The van der Waals surface area contributed by atoms with Crippen molar-refractivity contribution in [2.24, 2.45) is 0 Å². The fourth-order valence-electron chi connectivity index (χ4n) is 1.99. The number of hydrogen-bond donors (Lipinski definition) is 2. The van der Waals surface area contributed by atoms with Crippen LogP contribution < -0.4 is 10.6 Å². The van der Waals surface area contributed by atoms with Crippen LogP contribution >= 0.6 is 0 Å². The molecule has 2 aromatic rings. The molecule has 2 aromatic carbocycles. The standard InChI is InChI=1S/C16H16F2N2O/c1-3-19-14-8-7-10(2)9-11(14)16(21)20-15-12(17)5-4-6-13(15)18/h4-9,19H,3H2,1-2H3,(H,20,21). The molecular weight excluding hydrogens is 274 g/mol. The van der Waals surface area contributed by atoms with E-state index in [0.717, 1.165) is 17.7 Å². The highest BCUT2D eigenvalue weighted by atomic mass is 19.1. The van der Waals surface area contributed by atoms with E-state index in [2.05, 4.69) is 10.6 Å². The molecule has 2 rings (SSSR count). The highest BCUT2D eigenvalue weighted by Gasteiger charge is 2.16. The van der Waals surface area contributed by atoms with E-state index in [1.165, 1.54) is 6.07 Å². The van der Waals surface area contributed by atoms with Gasteiger partial charge in [-0.1, -0.05) is 17.7 Å². The van der Waals surface area contributed by atoms with Crippen LogP contribution in [0.1, 0.15) is 22.8 Å². The first kappa shape index (κ1) is 15.0. The van der Waals surface area contributed by atoms with Gasteiger partial charge in [0.05, 0.1) is 5.56 Å². The maximum atomic E-state index is 13.6. The Morgan fingerprint density at radius 1 is 1.14 bits per heavy atom. The van der Waals surface area contributed by atoms with Gasteiger partial charge < -0.3 is 10.6 Å². The second-order valence-electron chi connectivity index (χ2n) is 4.63. The minimum Gasteiger partial charge on any atom is -0.385 e. The largest absolute Gasteiger partial charge is 0.385 e. The Balaban J connectivity index is 2.34. The maximum Gasteiger partial charge on any atom is 0.257 e. The monoisotopic (exact) mass is 290 g/mol. The van der Waals surface area contributed by atoms with Gasteiger partial charge in [-0.15, -0.1) is 0 Å². The molecule has 0 aliphatic carbocycles. The van der Waals surface area contributed by atoms with E-state index in [9.17, 15) is 13.6 Å². The molecule has 0 bridgehead atoms. The van der Waals surface area contributed by atoms with Gasteiger partial charge in [0.1, 0.15) is 17.3 Å². The van der Waals surface area contributed by atoms with Gasteiger partial charge in [0.25, 0.3) is 5.91 Å². The molecule has 0 aliphatic rings. The van der Waals surface area contributed by atoms with Gasteiger partial charge in [-0.2, -0.15) is 0 Å². The molecule has 0 saturated heterocycles. The topological polar surface area (TPSA) is 41.1 Å². The van der Waals surface area contributed by atoms with E-state index in [0.29, 0.717) is 17.8 Å². The summed E-state index contributed by atoms with van der Waals surface area (Å²) in [6.07, 6.45) is 0. The lowest BCUT2D eigenvalue weighted by molar-refractivity contribution is 0.102. The fourth-order valence-corrected chi connectivity index (χ4v) is 1.99. The summed E-state index contributed by atoms with van der Waals surface area (Å²) < 4.78 is 27.2. The summed E-state index contributed by atoms with van der Waals surface area (Å²) in [5.41, 5.74) is 1.42. The van der Waals surface area contributed by atoms with Crippen LogP contribution in [0, 0.1) is 18.6 Å². The molecule has 0 unspecified atom stereocenters. The molecule has 3 nitrogen and oxygen atoms in total. The van der Waals surface area contributed by atoms with E-state index >= 15 is 0 Å². The van der Waals surface area contributed by atoms with Crippen LogP contribution in [0.3, 0.4) is 0 Å². The minimum absolute atomic E-state index is 0.347. The molecule has 110 valence electrons. The summed E-state index contributed by atoms with van der Waals surface area (Å²) in [6, 6.07) is 8.74. The number of hydrogen-bond acceptors (Lipinski definition) is 2. The van der Waals surface area contributed by atoms with E-state index in [1.807, 2.05) is 19.9 Å². The molecule has 5 heteroatoms. The van der Waals surface area contributed by atoms with E-state index < -0.39 is 23.2 Å². The fraction of sp³-hybridized carbons (Fsp3) is 0.188. The third kappa shape index (κ3) is 3.37. The highest BCUT2D eigenvalue weighted by molar-refractivity contribution is 6.08. The van der Waals surface area contributed by atoms with Crippen LogP contribution in [0.4, 0.5) is 20.2 Å². The number of rotatable bonds is 4. The molecule has 1 amide bonds. The van der Waals surface area contributed by atoms with Gasteiger partial charge in [-0.05, 0) is 38.1 Å². The van der Waals surface area contributed by atoms with Crippen molar-refractivity contribution in [3.8, 4) is 0 Å². The molecule has 0 atom stereocenters. The lowest BCUT2D eigenvalue weighted by Gasteiger charge is -2.13. The Hall–Kier alpha value is -2.43. The normalized spacial score (nSPS) is 10.3. The van der Waals surface area contributed by atoms with E-state index in [4.69, 9.17) is 0 Å². The zero-order valence-corrected chi connectivity index (χ0v) is 11.8. The molecule has 0 aliphatic heterocycles. The molecule has 0 aromatic heterocycles. The predicted octanol–water partition coefficient (Wildman–Crippen LogP) is 3.96. The highest BCUT2D eigenvalue weighted by Crippen LogP contribution is 2.22. The van der Waals surface area contributed by atoms with Gasteiger partial charge >= 0.3 is 0 Å². The smallest absolute Gasteiger partial charge is 0.257 e. The molecule has 0 fully saturated rings. The SMILES string of the molecule is CCNc1ccc(C)cc1C(=O)Nc1c(F)cccc1F. The Morgan fingerprint density at radius 3 is 2.43 bits per heavy atom. The average molecular weight is 290 g/mol. The Labute approximate surface area is 122 Å². The zero-order chi connectivity index (χ0) is 15.4. The van der Waals surface area contributed by atoms with Crippen molar-refractivity contribution >= 4 is 17.3 Å². The molecule has 21 heavy (non-hydrogen) atoms. The molecule has 0 saturated carbocycles. The van der Waals surface area contributed by atoms with Crippen molar-refractivity contribution < 1.29 is 13.6 Å². The van der Waals surface area contributed by atoms with Crippen molar-refractivity contribution in [2.75, 3.05) is 17.2 Å². The summed E-state index contributed by atoms with van der Waals surface area (Å²) in [5, 5.41) is 5.34. The van der Waals surface area contributed by atoms with Crippen LogP contribution in [0.5, 0.6) is 0 Å². The molecule has 2 N–H and O–H groups in total. The summed E-state index contributed by atoms with van der Waals surface area (Å²) in [4.78, 5) is 12.3. The van der Waals surface area contributed by atoms with Crippen molar-refractivity contribution in [3.05, 3.63) is 59.2 Å². The van der Waals surface area contributed by atoms with Gasteiger partial charge in [0.15, 0.2) is 0 Å². The number of amides is 1. The van der Waals surface area contributed by atoms with E-state index in [-0.39, 0.29) is 0 Å². The summed E-state index contributed by atoms with van der Waals surface area (Å²) >= 11 is 0. The summed E-state index contributed by atoms with van der Waals surface area (Å²) in [5.74, 6) is -2.17. The number of halogens is 2. The number of anilines is 2. The first-order chi connectivity index (χ1) is 10.0. The molecule has 0 spiro atoms. The molecule has 0 radical (unpaired) electrons. The van der Waals surface area contributed by atoms with E-state index in [1.54, 1.807) is 12.1 Å². The average Bonchev–Trinajstić information content (AvgIpc) is 2.45. The second kappa shape index (κ2) is 6.35. The van der Waals surface area contributed by atoms with Crippen molar-refractivity contribution in [1.29, 1.82) is 0 Å². The number of benzene rings is 2. The third-order valence-corrected chi connectivity index (χ3v) is 2.99. The van der Waals surface area contributed by atoms with Gasteiger partial charge in [0.2, 0.25) is 0 Å². The minimum atomic E-state index is -0.805. The van der Waals surface area contributed by atoms with Gasteiger partial charge in [0, 0.05) is 12.2 Å².